The number of ketones is 1. The second-order valence-corrected chi connectivity index (χ2v) is 5.17. The lowest BCUT2D eigenvalue weighted by Crippen LogP contribution is -1.89. The van der Waals surface area contributed by atoms with Gasteiger partial charge in [-0.15, -0.1) is 0 Å². The molecule has 0 bridgehead atoms. The highest BCUT2D eigenvalue weighted by Crippen LogP contribution is 2.29. The van der Waals surface area contributed by atoms with Crippen LogP contribution in [-0.4, -0.2) is 21.7 Å². The summed E-state index contributed by atoms with van der Waals surface area (Å²) in [5, 5.41) is 11.2. The lowest BCUT2D eigenvalue weighted by Gasteiger charge is -1.97. The second kappa shape index (κ2) is 5.48. The predicted molar refractivity (Wildman–Crippen MR) is 88.3 cm³/mol. The molecule has 0 radical (unpaired) electrons. The number of nitrogens with zero attached hydrogens (tertiary/aromatic N) is 2. The Morgan fingerprint density at radius 1 is 1.14 bits per heavy atom. The molecule has 4 heteroatoms. The first-order chi connectivity index (χ1) is 10.6. The summed E-state index contributed by atoms with van der Waals surface area (Å²) in [6.45, 7) is 1.53. The molecule has 0 aliphatic rings. The summed E-state index contributed by atoms with van der Waals surface area (Å²) in [5.41, 5.74) is 3.03. The van der Waals surface area contributed by atoms with Gasteiger partial charge in [0, 0.05) is 24.2 Å². The van der Waals surface area contributed by atoms with Crippen molar-refractivity contribution >= 4 is 28.6 Å². The van der Waals surface area contributed by atoms with Gasteiger partial charge in [0.15, 0.2) is 5.78 Å². The maximum absolute atomic E-state index is 11.3. The van der Waals surface area contributed by atoms with Crippen molar-refractivity contribution in [1.82, 2.24) is 4.57 Å². The second-order valence-electron chi connectivity index (χ2n) is 5.17. The number of para-hydroxylation sites is 1. The fraction of sp³-hybridized carbons (Fsp3) is 0.111. The summed E-state index contributed by atoms with van der Waals surface area (Å²) < 4.78 is 1.73. The SMILES string of the molecule is CC(=O)c1ccc(N=Cc2c(O)n(C)c3ccccc23)cc1. The number of Topliss-reactive ketones (excluding diaryl/α,β-unsaturated/α-hetero) is 1. The van der Waals surface area contributed by atoms with Gasteiger partial charge in [0.2, 0.25) is 5.88 Å². The Hall–Kier alpha value is -2.88. The molecule has 0 amide bonds. The molecule has 0 atom stereocenters. The number of hydrogen-bond donors (Lipinski definition) is 1. The molecule has 0 saturated carbocycles. The van der Waals surface area contributed by atoms with Crippen LogP contribution in [0.1, 0.15) is 22.8 Å². The Labute approximate surface area is 128 Å². The van der Waals surface area contributed by atoms with Crippen LogP contribution in [-0.2, 0) is 7.05 Å². The molecule has 0 saturated heterocycles. The van der Waals surface area contributed by atoms with Crippen LogP contribution < -0.4 is 0 Å². The third kappa shape index (κ3) is 2.39. The number of rotatable bonds is 3. The van der Waals surface area contributed by atoms with Crippen molar-refractivity contribution in [3.05, 3.63) is 59.7 Å². The Kier molecular flexibility index (Phi) is 3.51. The van der Waals surface area contributed by atoms with Gasteiger partial charge in [-0.05, 0) is 37.3 Å². The molecule has 0 fully saturated rings. The Morgan fingerprint density at radius 3 is 2.50 bits per heavy atom. The van der Waals surface area contributed by atoms with Crippen LogP contribution in [0, 0.1) is 0 Å². The molecule has 2 aromatic carbocycles. The Morgan fingerprint density at radius 2 is 1.82 bits per heavy atom. The highest BCUT2D eigenvalue weighted by molar-refractivity contribution is 6.03. The van der Waals surface area contributed by atoms with Crippen molar-refractivity contribution in [2.75, 3.05) is 0 Å². The highest BCUT2D eigenvalue weighted by Gasteiger charge is 2.11. The van der Waals surface area contributed by atoms with Crippen molar-refractivity contribution in [1.29, 1.82) is 0 Å². The van der Waals surface area contributed by atoms with Crippen LogP contribution in [0.4, 0.5) is 5.69 Å². The fourth-order valence-corrected chi connectivity index (χ4v) is 2.46. The van der Waals surface area contributed by atoms with E-state index in [1.54, 1.807) is 35.0 Å². The molecule has 1 aromatic heterocycles. The molecule has 1 N–H and O–H groups in total. The molecule has 110 valence electrons. The van der Waals surface area contributed by atoms with Gasteiger partial charge in [0.05, 0.1) is 16.8 Å². The van der Waals surface area contributed by atoms with E-state index in [0.29, 0.717) is 11.1 Å². The number of aryl methyl sites for hydroxylation is 1. The maximum Gasteiger partial charge on any atom is 0.200 e. The number of fused-ring (bicyclic) bond motifs is 1. The average Bonchev–Trinajstić information content (AvgIpc) is 2.78. The van der Waals surface area contributed by atoms with Gasteiger partial charge >= 0.3 is 0 Å². The lowest BCUT2D eigenvalue weighted by atomic mass is 10.1. The minimum atomic E-state index is 0.0298. The number of carbonyl (C=O) groups excluding carboxylic acids is 1. The molecular formula is C18H16N2O2. The van der Waals surface area contributed by atoms with Crippen molar-refractivity contribution in [3.63, 3.8) is 0 Å². The van der Waals surface area contributed by atoms with E-state index in [0.717, 1.165) is 16.6 Å². The third-order valence-electron chi connectivity index (χ3n) is 3.73. The first-order valence-corrected chi connectivity index (χ1v) is 6.99. The number of aromatic nitrogens is 1. The fourth-order valence-electron chi connectivity index (χ4n) is 2.46. The van der Waals surface area contributed by atoms with Gasteiger partial charge < -0.3 is 9.67 Å². The molecule has 3 rings (SSSR count). The van der Waals surface area contributed by atoms with Gasteiger partial charge in [-0.2, -0.15) is 0 Å². The molecule has 1 heterocycles. The van der Waals surface area contributed by atoms with Gasteiger partial charge in [-0.3, -0.25) is 9.79 Å². The van der Waals surface area contributed by atoms with E-state index in [1.165, 1.54) is 6.92 Å². The zero-order valence-electron chi connectivity index (χ0n) is 12.4. The molecule has 0 aliphatic carbocycles. The van der Waals surface area contributed by atoms with Crippen molar-refractivity contribution in [2.24, 2.45) is 12.0 Å². The Balaban J connectivity index is 1.99. The monoisotopic (exact) mass is 292 g/mol. The molecule has 4 nitrogen and oxygen atoms in total. The normalized spacial score (nSPS) is 11.4. The third-order valence-corrected chi connectivity index (χ3v) is 3.73. The van der Waals surface area contributed by atoms with Crippen molar-refractivity contribution < 1.29 is 9.90 Å². The number of aliphatic imine (C=N–C) groups is 1. The summed E-state index contributed by atoms with van der Waals surface area (Å²) in [4.78, 5) is 15.6. The molecule has 22 heavy (non-hydrogen) atoms. The van der Waals surface area contributed by atoms with Gasteiger partial charge in [-0.25, -0.2) is 0 Å². The van der Waals surface area contributed by atoms with E-state index < -0.39 is 0 Å². The van der Waals surface area contributed by atoms with Crippen LogP contribution in [0.3, 0.4) is 0 Å². The molecule has 0 aliphatic heterocycles. The van der Waals surface area contributed by atoms with E-state index in [4.69, 9.17) is 0 Å². The van der Waals surface area contributed by atoms with E-state index in [2.05, 4.69) is 4.99 Å². The van der Waals surface area contributed by atoms with Gasteiger partial charge in [0.1, 0.15) is 0 Å². The minimum absolute atomic E-state index is 0.0298. The number of carbonyl (C=O) groups is 1. The van der Waals surface area contributed by atoms with E-state index in [1.807, 2.05) is 31.3 Å². The highest BCUT2D eigenvalue weighted by atomic mass is 16.3. The molecule has 0 spiro atoms. The largest absolute Gasteiger partial charge is 0.494 e. The van der Waals surface area contributed by atoms with Crippen LogP contribution in [0.25, 0.3) is 10.9 Å². The summed E-state index contributed by atoms with van der Waals surface area (Å²) in [6.07, 6.45) is 1.65. The Bertz CT molecular complexity index is 874. The maximum atomic E-state index is 11.3. The summed E-state index contributed by atoms with van der Waals surface area (Å²) in [6, 6.07) is 14.8. The molecular weight excluding hydrogens is 276 g/mol. The quantitative estimate of drug-likeness (QED) is 0.589. The van der Waals surface area contributed by atoms with Crippen LogP contribution >= 0.6 is 0 Å². The first kappa shape index (κ1) is 14.1. The van der Waals surface area contributed by atoms with Crippen LogP contribution in [0.2, 0.25) is 0 Å². The lowest BCUT2D eigenvalue weighted by molar-refractivity contribution is 0.101. The average molecular weight is 292 g/mol. The molecule has 3 aromatic rings. The number of aromatic hydroxyl groups is 1. The van der Waals surface area contributed by atoms with E-state index in [-0.39, 0.29) is 11.7 Å². The summed E-state index contributed by atoms with van der Waals surface area (Å²) in [7, 11) is 1.82. The predicted octanol–water partition coefficient (Wildman–Crippen LogP) is 3.84. The van der Waals surface area contributed by atoms with Crippen molar-refractivity contribution in [2.45, 2.75) is 6.92 Å². The smallest absolute Gasteiger partial charge is 0.200 e. The number of benzene rings is 2. The zero-order chi connectivity index (χ0) is 15.7. The summed E-state index contributed by atoms with van der Waals surface area (Å²) >= 11 is 0. The van der Waals surface area contributed by atoms with Gasteiger partial charge in [0.25, 0.3) is 0 Å². The number of hydrogen-bond acceptors (Lipinski definition) is 3. The van der Waals surface area contributed by atoms with Crippen molar-refractivity contribution in [3.8, 4) is 5.88 Å². The standard InChI is InChI=1S/C18H16N2O2/c1-12(21)13-7-9-14(10-8-13)19-11-16-15-5-3-4-6-17(15)20(2)18(16)22/h3-11,22H,1-2H3. The topological polar surface area (TPSA) is 54.6 Å². The van der Waals surface area contributed by atoms with Crippen LogP contribution in [0.15, 0.2) is 53.5 Å². The van der Waals surface area contributed by atoms with E-state index in [9.17, 15) is 9.90 Å². The molecule has 0 unspecified atom stereocenters. The van der Waals surface area contributed by atoms with E-state index >= 15 is 0 Å². The van der Waals surface area contributed by atoms with Crippen LogP contribution in [0.5, 0.6) is 5.88 Å². The summed E-state index contributed by atoms with van der Waals surface area (Å²) in [5.74, 6) is 0.215. The first-order valence-electron chi connectivity index (χ1n) is 6.99. The minimum Gasteiger partial charge on any atom is -0.494 e. The van der Waals surface area contributed by atoms with Gasteiger partial charge in [-0.1, -0.05) is 18.2 Å². The zero-order valence-corrected chi connectivity index (χ0v) is 12.4.